The van der Waals surface area contributed by atoms with E-state index in [4.69, 9.17) is 4.74 Å². The molecule has 0 aromatic carbocycles. The fraction of sp³-hybridized carbons (Fsp3) is 1.00. The van der Waals surface area contributed by atoms with Crippen molar-refractivity contribution >= 4 is 9.84 Å². The van der Waals surface area contributed by atoms with Gasteiger partial charge in [0, 0.05) is 18.7 Å². The van der Waals surface area contributed by atoms with E-state index in [2.05, 4.69) is 5.32 Å². The lowest BCUT2D eigenvalue weighted by atomic mass is 9.93. The number of rotatable bonds is 2. The van der Waals surface area contributed by atoms with Gasteiger partial charge in [-0.15, -0.1) is 0 Å². The van der Waals surface area contributed by atoms with Crippen molar-refractivity contribution < 1.29 is 18.3 Å². The van der Waals surface area contributed by atoms with Gasteiger partial charge >= 0.3 is 0 Å². The number of aliphatic hydroxyl groups is 1. The molecular weight excluding hydrogens is 242 g/mol. The molecule has 0 radical (unpaired) electrons. The quantitative estimate of drug-likeness (QED) is 0.715. The first kappa shape index (κ1) is 13.3. The summed E-state index contributed by atoms with van der Waals surface area (Å²) in [5, 5.41) is 13.0. The predicted molar refractivity (Wildman–Crippen MR) is 64.6 cm³/mol. The number of ether oxygens (including phenoxy) is 1. The van der Waals surface area contributed by atoms with Gasteiger partial charge in [0.25, 0.3) is 0 Å². The maximum atomic E-state index is 11.4. The molecule has 6 heteroatoms. The molecule has 3 atom stereocenters. The van der Waals surface area contributed by atoms with E-state index in [0.717, 1.165) is 12.8 Å². The van der Waals surface area contributed by atoms with E-state index in [1.165, 1.54) is 0 Å². The summed E-state index contributed by atoms with van der Waals surface area (Å²) in [6.07, 6.45) is 0.939. The lowest BCUT2D eigenvalue weighted by Crippen LogP contribution is -2.50. The van der Waals surface area contributed by atoms with Crippen molar-refractivity contribution in [2.24, 2.45) is 0 Å². The molecule has 5 nitrogen and oxygen atoms in total. The minimum atomic E-state index is -3.07. The predicted octanol–water partition coefficient (Wildman–Crippen LogP) is -0.308. The lowest BCUT2D eigenvalue weighted by Gasteiger charge is -2.37. The van der Waals surface area contributed by atoms with Gasteiger partial charge in [0.2, 0.25) is 0 Å². The van der Waals surface area contributed by atoms with Gasteiger partial charge in [0.15, 0.2) is 9.84 Å². The Bertz CT molecular complexity index is 379. The molecule has 2 heterocycles. The third-order valence-corrected chi connectivity index (χ3v) is 5.19. The first-order chi connectivity index (χ1) is 7.77. The zero-order chi connectivity index (χ0) is 12.7. The normalized spacial score (nSPS) is 40.3. The molecule has 2 saturated heterocycles. The second kappa shape index (κ2) is 4.50. The Labute approximate surface area is 102 Å². The van der Waals surface area contributed by atoms with E-state index < -0.39 is 15.9 Å². The van der Waals surface area contributed by atoms with Crippen LogP contribution in [-0.4, -0.2) is 55.4 Å². The van der Waals surface area contributed by atoms with Crippen molar-refractivity contribution in [1.29, 1.82) is 0 Å². The molecule has 0 aliphatic carbocycles. The molecule has 2 fully saturated rings. The van der Waals surface area contributed by atoms with E-state index >= 15 is 0 Å². The maximum absolute atomic E-state index is 11.4. The molecule has 2 aliphatic rings. The van der Waals surface area contributed by atoms with Crippen LogP contribution in [0, 0.1) is 0 Å². The van der Waals surface area contributed by atoms with Gasteiger partial charge in [-0.2, -0.15) is 0 Å². The summed E-state index contributed by atoms with van der Waals surface area (Å²) < 4.78 is 28.4. The van der Waals surface area contributed by atoms with E-state index in [1.807, 2.05) is 13.8 Å². The van der Waals surface area contributed by atoms with Crippen molar-refractivity contribution in [2.75, 3.05) is 18.1 Å². The fourth-order valence-corrected chi connectivity index (χ4v) is 4.42. The summed E-state index contributed by atoms with van der Waals surface area (Å²) in [6, 6.07) is -0.0920. The van der Waals surface area contributed by atoms with Gasteiger partial charge in [0.05, 0.1) is 23.2 Å². The van der Waals surface area contributed by atoms with Crippen LogP contribution in [0.3, 0.4) is 0 Å². The minimum absolute atomic E-state index is 0.0476. The topological polar surface area (TPSA) is 75.6 Å². The highest BCUT2D eigenvalue weighted by atomic mass is 32.2. The summed E-state index contributed by atoms with van der Waals surface area (Å²) in [4.78, 5) is 0. The zero-order valence-corrected chi connectivity index (χ0v) is 11.2. The number of hydrogen-bond donors (Lipinski definition) is 2. The van der Waals surface area contributed by atoms with E-state index in [0.29, 0.717) is 6.61 Å². The van der Waals surface area contributed by atoms with Gasteiger partial charge in [-0.05, 0) is 26.7 Å². The summed E-state index contributed by atoms with van der Waals surface area (Å²) in [5.41, 5.74) is -0.168. The van der Waals surface area contributed by atoms with Gasteiger partial charge in [-0.3, -0.25) is 0 Å². The number of nitrogens with one attached hydrogen (secondary N) is 1. The highest BCUT2D eigenvalue weighted by molar-refractivity contribution is 7.91. The Hall–Kier alpha value is -0.170. The molecule has 0 aromatic rings. The first-order valence-electron chi connectivity index (χ1n) is 6.06. The minimum Gasteiger partial charge on any atom is -0.390 e. The van der Waals surface area contributed by atoms with Crippen molar-refractivity contribution in [1.82, 2.24) is 5.32 Å². The summed E-state index contributed by atoms with van der Waals surface area (Å²) in [6.45, 7) is 4.74. The van der Waals surface area contributed by atoms with Crippen LogP contribution in [0.4, 0.5) is 0 Å². The van der Waals surface area contributed by atoms with E-state index in [9.17, 15) is 13.5 Å². The molecule has 3 unspecified atom stereocenters. The van der Waals surface area contributed by atoms with Crippen LogP contribution in [0.2, 0.25) is 0 Å². The highest BCUT2D eigenvalue weighted by Gasteiger charge is 2.39. The van der Waals surface area contributed by atoms with Gasteiger partial charge in [-0.1, -0.05) is 0 Å². The van der Waals surface area contributed by atoms with Crippen molar-refractivity contribution in [3.05, 3.63) is 0 Å². The summed E-state index contributed by atoms with van der Waals surface area (Å²) >= 11 is 0. The van der Waals surface area contributed by atoms with Crippen LogP contribution >= 0.6 is 0 Å². The molecule has 0 amide bonds. The Morgan fingerprint density at radius 3 is 2.59 bits per heavy atom. The average molecular weight is 263 g/mol. The lowest BCUT2D eigenvalue weighted by molar-refractivity contribution is -0.0652. The average Bonchev–Trinajstić information content (AvgIpc) is 2.37. The van der Waals surface area contributed by atoms with Crippen LogP contribution in [0.25, 0.3) is 0 Å². The van der Waals surface area contributed by atoms with Crippen molar-refractivity contribution in [3.63, 3.8) is 0 Å². The van der Waals surface area contributed by atoms with Crippen LogP contribution in [0.15, 0.2) is 0 Å². The SMILES string of the molecule is CC1(C)CC(NC2CS(=O)(=O)CC2O)CCO1. The molecule has 0 saturated carbocycles. The van der Waals surface area contributed by atoms with Crippen LogP contribution < -0.4 is 5.32 Å². The first-order valence-corrected chi connectivity index (χ1v) is 7.88. The molecule has 2 N–H and O–H groups in total. The van der Waals surface area contributed by atoms with Crippen LogP contribution in [0.5, 0.6) is 0 Å². The van der Waals surface area contributed by atoms with E-state index in [-0.39, 0.29) is 29.2 Å². The third kappa shape index (κ3) is 3.40. The Balaban J connectivity index is 1.93. The smallest absolute Gasteiger partial charge is 0.154 e. The van der Waals surface area contributed by atoms with Crippen molar-refractivity contribution in [2.45, 2.75) is 50.5 Å². The molecule has 0 aromatic heterocycles. The molecule has 17 heavy (non-hydrogen) atoms. The molecule has 100 valence electrons. The molecule has 0 spiro atoms. The second-order valence-electron chi connectivity index (χ2n) is 5.72. The van der Waals surface area contributed by atoms with Gasteiger partial charge < -0.3 is 15.2 Å². The maximum Gasteiger partial charge on any atom is 0.154 e. The number of hydrogen-bond acceptors (Lipinski definition) is 5. The van der Waals surface area contributed by atoms with Crippen LogP contribution in [0.1, 0.15) is 26.7 Å². The number of aliphatic hydroxyl groups excluding tert-OH is 1. The summed E-state index contributed by atoms with van der Waals surface area (Å²) in [7, 11) is -3.07. The molecule has 2 aliphatic heterocycles. The van der Waals surface area contributed by atoms with E-state index in [1.54, 1.807) is 0 Å². The highest BCUT2D eigenvalue weighted by Crippen LogP contribution is 2.25. The third-order valence-electron chi connectivity index (χ3n) is 3.47. The van der Waals surface area contributed by atoms with Gasteiger partial charge in [0.1, 0.15) is 0 Å². The number of sulfone groups is 1. The monoisotopic (exact) mass is 263 g/mol. The molecule has 0 bridgehead atoms. The second-order valence-corrected chi connectivity index (χ2v) is 7.87. The Kier molecular flexibility index (Phi) is 3.51. The zero-order valence-electron chi connectivity index (χ0n) is 10.3. The fourth-order valence-electron chi connectivity index (χ4n) is 2.67. The molecular formula is C11H21NO4S. The standard InChI is InChI=1S/C11H21NO4S/c1-11(2)5-8(3-4-16-11)12-9-6-17(14,15)7-10(9)13/h8-10,12-13H,3-7H2,1-2H3. The van der Waals surface area contributed by atoms with Gasteiger partial charge in [-0.25, -0.2) is 8.42 Å². The van der Waals surface area contributed by atoms with Crippen molar-refractivity contribution in [3.8, 4) is 0 Å². The Morgan fingerprint density at radius 1 is 1.35 bits per heavy atom. The molecule has 2 rings (SSSR count). The summed E-state index contributed by atoms with van der Waals surface area (Å²) in [5.74, 6) is -0.0662. The van der Waals surface area contributed by atoms with Crippen LogP contribution in [-0.2, 0) is 14.6 Å². The Morgan fingerprint density at radius 2 is 2.06 bits per heavy atom. The largest absolute Gasteiger partial charge is 0.390 e.